The Morgan fingerprint density at radius 1 is 1.22 bits per heavy atom. The molecule has 1 aromatic rings. The summed E-state index contributed by atoms with van der Waals surface area (Å²) in [6, 6.07) is 5.66. The molecule has 1 heterocycles. The molecule has 0 N–H and O–H groups in total. The van der Waals surface area contributed by atoms with Crippen LogP contribution in [0.2, 0.25) is 0 Å². The van der Waals surface area contributed by atoms with Gasteiger partial charge in [0, 0.05) is 5.41 Å². The minimum Gasteiger partial charge on any atom is -0.404 e. The lowest BCUT2D eigenvalue weighted by atomic mass is 9.97. The minimum absolute atomic E-state index is 0.125. The fourth-order valence-electron chi connectivity index (χ4n) is 1.66. The normalized spacial score (nSPS) is 21.6. The Balaban J connectivity index is 2.12. The van der Waals surface area contributed by atoms with Gasteiger partial charge in [0.2, 0.25) is 0 Å². The molecule has 1 saturated heterocycles. The first-order chi connectivity index (χ1) is 8.30. The molecular weight excluding hydrogens is 251 g/mol. The van der Waals surface area contributed by atoms with Crippen LogP contribution in [0.25, 0.3) is 0 Å². The lowest BCUT2D eigenvalue weighted by Gasteiger charge is -2.33. The maximum absolute atomic E-state index is 12.3. The van der Waals surface area contributed by atoms with Crippen LogP contribution in [0.15, 0.2) is 18.2 Å². The van der Waals surface area contributed by atoms with Gasteiger partial charge in [0.25, 0.3) is 0 Å². The molecule has 0 radical (unpaired) electrons. The van der Waals surface area contributed by atoms with Gasteiger partial charge in [0.15, 0.2) is 0 Å². The fourth-order valence-corrected chi connectivity index (χ4v) is 3.30. The van der Waals surface area contributed by atoms with E-state index in [2.05, 4.69) is 0 Å². The Labute approximate surface area is 108 Å². The van der Waals surface area contributed by atoms with E-state index in [9.17, 15) is 4.57 Å². The number of phosphoric acid groups is 1. The summed E-state index contributed by atoms with van der Waals surface area (Å²) in [5, 5.41) is 0. The molecule has 0 amide bonds. The van der Waals surface area contributed by atoms with Gasteiger partial charge in [-0.1, -0.05) is 31.5 Å². The van der Waals surface area contributed by atoms with Crippen LogP contribution < -0.4 is 4.52 Å². The maximum atomic E-state index is 12.3. The van der Waals surface area contributed by atoms with Gasteiger partial charge < -0.3 is 4.52 Å². The van der Waals surface area contributed by atoms with E-state index in [1.54, 1.807) is 6.07 Å². The molecule has 4 nitrogen and oxygen atoms in total. The third-order valence-electron chi connectivity index (χ3n) is 2.77. The lowest BCUT2D eigenvalue weighted by molar-refractivity contribution is 0.0181. The molecule has 1 fully saturated rings. The van der Waals surface area contributed by atoms with Gasteiger partial charge in [-0.05, 0) is 25.5 Å². The Kier molecular flexibility index (Phi) is 3.54. The maximum Gasteiger partial charge on any atom is 0.530 e. The molecule has 100 valence electrons. The second-order valence-corrected chi connectivity index (χ2v) is 7.11. The summed E-state index contributed by atoms with van der Waals surface area (Å²) in [6.45, 7) is 8.63. The average Bonchev–Trinajstić information content (AvgIpc) is 2.28. The van der Waals surface area contributed by atoms with Crippen molar-refractivity contribution in [3.05, 3.63) is 29.3 Å². The summed E-state index contributed by atoms with van der Waals surface area (Å²) in [7, 11) is -3.46. The van der Waals surface area contributed by atoms with E-state index in [0.29, 0.717) is 19.0 Å². The van der Waals surface area contributed by atoms with E-state index >= 15 is 0 Å². The quantitative estimate of drug-likeness (QED) is 0.765. The summed E-state index contributed by atoms with van der Waals surface area (Å²) in [5.74, 6) is 0.545. The fraction of sp³-hybridized carbons (Fsp3) is 0.538. The van der Waals surface area contributed by atoms with Crippen LogP contribution in [-0.2, 0) is 13.6 Å². The monoisotopic (exact) mass is 270 g/mol. The molecule has 0 spiro atoms. The van der Waals surface area contributed by atoms with Gasteiger partial charge in [-0.15, -0.1) is 0 Å². The second kappa shape index (κ2) is 4.69. The molecule has 1 aromatic carbocycles. The van der Waals surface area contributed by atoms with Crippen molar-refractivity contribution in [3.63, 3.8) is 0 Å². The van der Waals surface area contributed by atoms with Crippen LogP contribution in [0.4, 0.5) is 0 Å². The zero-order valence-electron chi connectivity index (χ0n) is 11.2. The third kappa shape index (κ3) is 3.14. The molecule has 18 heavy (non-hydrogen) atoms. The highest BCUT2D eigenvalue weighted by atomic mass is 31.2. The van der Waals surface area contributed by atoms with E-state index in [-0.39, 0.29) is 5.41 Å². The zero-order valence-corrected chi connectivity index (χ0v) is 12.1. The molecule has 0 aliphatic carbocycles. The summed E-state index contributed by atoms with van der Waals surface area (Å²) in [6.07, 6.45) is 0. The zero-order chi connectivity index (χ0) is 13.4. The second-order valence-electron chi connectivity index (χ2n) is 5.52. The van der Waals surface area contributed by atoms with Gasteiger partial charge in [0.05, 0.1) is 13.2 Å². The Bertz CT molecular complexity index is 482. The van der Waals surface area contributed by atoms with Crippen LogP contribution in [0, 0.1) is 19.3 Å². The lowest BCUT2D eigenvalue weighted by Crippen LogP contribution is -2.30. The standard InChI is InChI=1S/C13H19O4P/c1-10-5-6-12(11(2)7-10)17-18(14)15-8-13(3,4)9-16-18/h5-7H,8-9H2,1-4H3. The average molecular weight is 270 g/mol. The largest absolute Gasteiger partial charge is 0.530 e. The van der Waals surface area contributed by atoms with Crippen molar-refractivity contribution in [1.82, 2.24) is 0 Å². The van der Waals surface area contributed by atoms with Crippen LogP contribution in [0.3, 0.4) is 0 Å². The summed E-state index contributed by atoms with van der Waals surface area (Å²) in [4.78, 5) is 0. The number of benzene rings is 1. The molecule has 2 rings (SSSR count). The van der Waals surface area contributed by atoms with E-state index in [4.69, 9.17) is 13.6 Å². The first-order valence-electron chi connectivity index (χ1n) is 5.96. The molecule has 1 aliphatic heterocycles. The van der Waals surface area contributed by atoms with Gasteiger partial charge in [0.1, 0.15) is 5.75 Å². The molecular formula is C13H19O4P. The molecule has 0 unspecified atom stereocenters. The predicted octanol–water partition coefficient (Wildman–Crippen LogP) is 3.86. The smallest absolute Gasteiger partial charge is 0.404 e. The minimum atomic E-state index is -3.46. The van der Waals surface area contributed by atoms with E-state index in [1.807, 2.05) is 39.8 Å². The Morgan fingerprint density at radius 3 is 2.39 bits per heavy atom. The van der Waals surface area contributed by atoms with Crippen LogP contribution in [0.1, 0.15) is 25.0 Å². The Morgan fingerprint density at radius 2 is 1.83 bits per heavy atom. The van der Waals surface area contributed by atoms with Gasteiger partial charge in [-0.3, -0.25) is 9.05 Å². The first kappa shape index (κ1) is 13.6. The van der Waals surface area contributed by atoms with E-state index in [0.717, 1.165) is 11.1 Å². The highest BCUT2D eigenvalue weighted by Crippen LogP contribution is 2.54. The first-order valence-corrected chi connectivity index (χ1v) is 7.42. The molecule has 1 aliphatic rings. The van der Waals surface area contributed by atoms with Crippen LogP contribution in [-0.4, -0.2) is 13.2 Å². The van der Waals surface area contributed by atoms with Gasteiger partial charge in [-0.25, -0.2) is 4.57 Å². The number of phosphoric ester groups is 1. The SMILES string of the molecule is Cc1ccc(OP2(=O)OCC(C)(C)CO2)c(C)c1. The van der Waals surface area contributed by atoms with Crippen molar-refractivity contribution < 1.29 is 18.1 Å². The summed E-state index contributed by atoms with van der Waals surface area (Å²) >= 11 is 0. The number of hydrogen-bond donors (Lipinski definition) is 0. The van der Waals surface area contributed by atoms with Crippen molar-refractivity contribution in [3.8, 4) is 5.75 Å². The van der Waals surface area contributed by atoms with Crippen LogP contribution >= 0.6 is 7.82 Å². The number of rotatable bonds is 2. The van der Waals surface area contributed by atoms with E-state index < -0.39 is 7.82 Å². The van der Waals surface area contributed by atoms with Crippen molar-refractivity contribution in [2.45, 2.75) is 27.7 Å². The summed E-state index contributed by atoms with van der Waals surface area (Å²) < 4.78 is 28.3. The Hall–Kier alpha value is -0.830. The third-order valence-corrected chi connectivity index (χ3v) is 4.08. The molecule has 0 atom stereocenters. The molecule has 0 bridgehead atoms. The molecule has 0 aromatic heterocycles. The number of aryl methyl sites for hydroxylation is 2. The van der Waals surface area contributed by atoms with E-state index in [1.165, 1.54) is 0 Å². The molecule has 5 heteroatoms. The highest BCUT2D eigenvalue weighted by molar-refractivity contribution is 7.49. The van der Waals surface area contributed by atoms with Crippen molar-refractivity contribution in [2.24, 2.45) is 5.41 Å². The highest BCUT2D eigenvalue weighted by Gasteiger charge is 2.39. The predicted molar refractivity (Wildman–Crippen MR) is 69.8 cm³/mol. The number of hydrogen-bond acceptors (Lipinski definition) is 4. The van der Waals surface area contributed by atoms with Crippen molar-refractivity contribution >= 4 is 7.82 Å². The van der Waals surface area contributed by atoms with Crippen molar-refractivity contribution in [2.75, 3.05) is 13.2 Å². The van der Waals surface area contributed by atoms with Crippen molar-refractivity contribution in [1.29, 1.82) is 0 Å². The van der Waals surface area contributed by atoms with Crippen LogP contribution in [0.5, 0.6) is 5.75 Å². The van der Waals surface area contributed by atoms with Gasteiger partial charge >= 0.3 is 7.82 Å². The van der Waals surface area contributed by atoms with Gasteiger partial charge in [-0.2, -0.15) is 0 Å². The molecule has 0 saturated carbocycles. The topological polar surface area (TPSA) is 44.8 Å². The summed E-state index contributed by atoms with van der Waals surface area (Å²) in [5.41, 5.74) is 1.92.